The molecule has 1 aromatic heterocycles. The van der Waals surface area contributed by atoms with E-state index in [1.807, 2.05) is 14.0 Å². The number of nitrogens with one attached hydrogen (secondary N) is 3. The number of piperidine rings is 1. The average molecular weight is 589 g/mol. The molecule has 3 aromatic rings. The van der Waals surface area contributed by atoms with E-state index < -0.39 is 30.4 Å². The summed E-state index contributed by atoms with van der Waals surface area (Å²) in [5.41, 5.74) is 0.853. The number of imidazole rings is 1. The number of aromatic nitrogens is 2. The van der Waals surface area contributed by atoms with Crippen LogP contribution >= 0.6 is 0 Å². The number of rotatable bonds is 7. The summed E-state index contributed by atoms with van der Waals surface area (Å²) in [5.74, 6) is 4.28. The molecular weight excluding hydrogens is 556 g/mol. The number of methoxy groups -OCH3 is 1. The number of benzene rings is 2. The molecule has 1 aliphatic heterocycles. The molecule has 2 aromatic carbocycles. The van der Waals surface area contributed by atoms with Crippen LogP contribution in [0.1, 0.15) is 39.6 Å². The highest BCUT2D eigenvalue weighted by Crippen LogP contribution is 2.28. The fourth-order valence-electron chi connectivity index (χ4n) is 5.00. The van der Waals surface area contributed by atoms with Gasteiger partial charge in [0.15, 0.2) is 0 Å². The number of hydrogen-bond acceptors (Lipinski definition) is 6. The van der Waals surface area contributed by atoms with Crippen LogP contribution in [0.3, 0.4) is 0 Å². The van der Waals surface area contributed by atoms with E-state index in [1.54, 1.807) is 0 Å². The Morgan fingerprint density at radius 1 is 1.17 bits per heavy atom. The Hall–Kier alpha value is -4.31. The van der Waals surface area contributed by atoms with E-state index in [2.05, 4.69) is 37.7 Å². The fraction of sp³-hybridized carbons (Fsp3) is 0.414. The van der Waals surface area contributed by atoms with Gasteiger partial charge in [0.2, 0.25) is 0 Å². The van der Waals surface area contributed by atoms with E-state index in [4.69, 9.17) is 4.74 Å². The Morgan fingerprint density at radius 3 is 2.60 bits per heavy atom. The topological polar surface area (TPSA) is 101 Å². The summed E-state index contributed by atoms with van der Waals surface area (Å²) in [7, 11) is 4.74. The Kier molecular flexibility index (Phi) is 9.26. The van der Waals surface area contributed by atoms with Gasteiger partial charge in [-0.3, -0.25) is 9.59 Å². The number of anilines is 1. The van der Waals surface area contributed by atoms with Crippen LogP contribution in [0.25, 0.3) is 11.0 Å². The third kappa shape index (κ3) is 7.12. The van der Waals surface area contributed by atoms with Crippen molar-refractivity contribution in [3.8, 4) is 17.6 Å². The van der Waals surface area contributed by atoms with Crippen LogP contribution in [0.5, 0.6) is 5.75 Å². The summed E-state index contributed by atoms with van der Waals surface area (Å²) in [5, 5.41) is 8.36. The third-order valence-electron chi connectivity index (χ3n) is 7.11. The van der Waals surface area contributed by atoms with E-state index in [1.165, 1.54) is 32.4 Å². The molecule has 4 rings (SSSR count). The highest BCUT2D eigenvalue weighted by molar-refractivity contribution is 6.05. The van der Waals surface area contributed by atoms with Gasteiger partial charge in [-0.25, -0.2) is 9.37 Å². The average Bonchev–Trinajstić information content (AvgIpc) is 3.32. The minimum absolute atomic E-state index is 0.0175. The number of carbonyl (C=O) groups is 2. The van der Waals surface area contributed by atoms with Crippen molar-refractivity contribution in [1.82, 2.24) is 25.1 Å². The summed E-state index contributed by atoms with van der Waals surface area (Å²) < 4.78 is 60.2. The molecule has 13 heteroatoms. The van der Waals surface area contributed by atoms with Crippen LogP contribution in [0.4, 0.5) is 23.2 Å². The highest BCUT2D eigenvalue weighted by atomic mass is 19.4. The monoisotopic (exact) mass is 588 g/mol. The van der Waals surface area contributed by atoms with Crippen molar-refractivity contribution >= 4 is 28.5 Å². The molecule has 224 valence electrons. The molecule has 9 nitrogen and oxygen atoms in total. The molecule has 1 fully saturated rings. The van der Waals surface area contributed by atoms with Gasteiger partial charge in [0, 0.05) is 31.3 Å². The molecule has 3 N–H and O–H groups in total. The molecule has 1 saturated heterocycles. The molecule has 42 heavy (non-hydrogen) atoms. The van der Waals surface area contributed by atoms with Crippen LogP contribution < -0.4 is 20.7 Å². The Bertz CT molecular complexity index is 1540. The largest absolute Gasteiger partial charge is 0.494 e. The smallest absolute Gasteiger partial charge is 0.406 e. The molecule has 0 saturated carbocycles. The molecular formula is C29H32F4N6O3. The maximum atomic E-state index is 14.3. The van der Waals surface area contributed by atoms with E-state index in [0.717, 1.165) is 36.5 Å². The van der Waals surface area contributed by atoms with E-state index in [9.17, 15) is 27.2 Å². The number of nitrogens with zero attached hydrogens (tertiary/aromatic N) is 3. The lowest BCUT2D eigenvalue weighted by atomic mass is 9.93. The molecule has 0 bridgehead atoms. The summed E-state index contributed by atoms with van der Waals surface area (Å²) in [6, 6.07) is 5.25. The van der Waals surface area contributed by atoms with E-state index in [0.29, 0.717) is 11.3 Å². The second-order valence-corrected chi connectivity index (χ2v) is 10.3. The summed E-state index contributed by atoms with van der Waals surface area (Å²) in [6.45, 7) is 2.41. The van der Waals surface area contributed by atoms with Crippen molar-refractivity contribution in [3.63, 3.8) is 0 Å². The molecule has 0 spiro atoms. The molecule has 0 aliphatic carbocycles. The fourth-order valence-corrected chi connectivity index (χ4v) is 5.00. The van der Waals surface area contributed by atoms with Crippen molar-refractivity contribution < 1.29 is 31.9 Å². The number of alkyl halides is 3. The summed E-state index contributed by atoms with van der Waals surface area (Å²) in [4.78, 5) is 31.7. The number of carbonyl (C=O) groups excluding carboxylic acids is 2. The van der Waals surface area contributed by atoms with Crippen molar-refractivity contribution in [2.75, 3.05) is 46.2 Å². The standard InChI is InChI=1S/C29H32F4N6O3/c1-17-14-38(3)9-7-22(17)37-28(41)20-10-18(11-24-26(20)36-16-39(24)15-29(31,32)33)6-5-8-35-23-12-19(27(40)34-2)21(30)13-25(23)42-4/h10-13,16-17,22,35H,7-9,14-15H2,1-4H3,(H,34,40)(H,37,41)/t17-,22-/m0/s1. The first-order chi connectivity index (χ1) is 19.9. The summed E-state index contributed by atoms with van der Waals surface area (Å²) >= 11 is 0. The quantitative estimate of drug-likeness (QED) is 0.288. The van der Waals surface area contributed by atoms with Gasteiger partial charge in [-0.05, 0) is 44.1 Å². The molecule has 2 amide bonds. The third-order valence-corrected chi connectivity index (χ3v) is 7.11. The second kappa shape index (κ2) is 12.7. The number of hydrogen-bond donors (Lipinski definition) is 3. The minimum Gasteiger partial charge on any atom is -0.494 e. The zero-order valence-electron chi connectivity index (χ0n) is 23.7. The van der Waals surface area contributed by atoms with Gasteiger partial charge in [-0.1, -0.05) is 18.8 Å². The van der Waals surface area contributed by atoms with Crippen molar-refractivity contribution in [1.29, 1.82) is 0 Å². The highest BCUT2D eigenvalue weighted by Gasteiger charge is 2.30. The van der Waals surface area contributed by atoms with E-state index >= 15 is 0 Å². The number of halogens is 4. The van der Waals surface area contributed by atoms with Crippen LogP contribution in [0, 0.1) is 23.6 Å². The maximum absolute atomic E-state index is 14.3. The number of amides is 2. The van der Waals surface area contributed by atoms with Crippen LogP contribution in [0.2, 0.25) is 0 Å². The Labute approximate surface area is 240 Å². The summed E-state index contributed by atoms with van der Waals surface area (Å²) in [6.07, 6.45) is -2.68. The van der Waals surface area contributed by atoms with Crippen molar-refractivity contribution in [2.45, 2.75) is 32.1 Å². The predicted octanol–water partition coefficient (Wildman–Crippen LogP) is 3.64. The number of ether oxygens (including phenoxy) is 1. The zero-order chi connectivity index (χ0) is 30.6. The van der Waals surface area contributed by atoms with E-state index in [-0.39, 0.29) is 46.4 Å². The molecule has 0 unspecified atom stereocenters. The zero-order valence-corrected chi connectivity index (χ0v) is 23.7. The van der Waals surface area contributed by atoms with Crippen LogP contribution in [0.15, 0.2) is 30.6 Å². The SMILES string of the molecule is CNC(=O)c1cc(NCC#Cc2cc(C(=O)N[C@H]3CCN(C)C[C@@H]3C)c3ncn(CC(F)(F)F)c3c2)c(OC)cc1F. The Balaban J connectivity index is 1.63. The van der Waals surface area contributed by atoms with Crippen LogP contribution in [-0.4, -0.2) is 79.3 Å². The van der Waals surface area contributed by atoms with Gasteiger partial charge >= 0.3 is 6.18 Å². The number of likely N-dealkylation sites (tertiary alicyclic amines) is 1. The van der Waals surface area contributed by atoms with Crippen LogP contribution in [-0.2, 0) is 6.54 Å². The van der Waals surface area contributed by atoms with Gasteiger partial charge in [0.1, 0.15) is 23.6 Å². The first-order valence-corrected chi connectivity index (χ1v) is 13.3. The van der Waals surface area contributed by atoms with Gasteiger partial charge in [-0.15, -0.1) is 0 Å². The van der Waals surface area contributed by atoms with Gasteiger partial charge < -0.3 is 30.2 Å². The lowest BCUT2D eigenvalue weighted by molar-refractivity contribution is -0.139. The Morgan fingerprint density at radius 2 is 1.93 bits per heavy atom. The van der Waals surface area contributed by atoms with Crippen molar-refractivity contribution in [3.05, 3.63) is 53.1 Å². The van der Waals surface area contributed by atoms with Gasteiger partial charge in [0.05, 0.1) is 42.3 Å². The molecule has 0 radical (unpaired) electrons. The normalized spacial score (nSPS) is 17.3. The molecule has 2 atom stereocenters. The lowest BCUT2D eigenvalue weighted by Gasteiger charge is -2.35. The second-order valence-electron chi connectivity index (χ2n) is 10.3. The minimum atomic E-state index is -4.49. The first kappa shape index (κ1) is 30.6. The molecule has 1 aliphatic rings. The lowest BCUT2D eigenvalue weighted by Crippen LogP contribution is -2.48. The van der Waals surface area contributed by atoms with Crippen molar-refractivity contribution in [2.24, 2.45) is 5.92 Å². The molecule has 2 heterocycles. The van der Waals surface area contributed by atoms with Gasteiger partial charge in [-0.2, -0.15) is 13.2 Å². The predicted molar refractivity (Wildman–Crippen MR) is 150 cm³/mol. The van der Waals surface area contributed by atoms with Gasteiger partial charge in [0.25, 0.3) is 11.8 Å². The maximum Gasteiger partial charge on any atom is 0.406 e. The first-order valence-electron chi connectivity index (χ1n) is 13.3. The number of fused-ring (bicyclic) bond motifs is 1.